The lowest BCUT2D eigenvalue weighted by molar-refractivity contribution is -0.355. The minimum atomic E-state index is -4.94. The van der Waals surface area contributed by atoms with Gasteiger partial charge in [0.15, 0.2) is 0 Å². The molecule has 2 heterocycles. The molecule has 144 valence electrons. The molecule has 1 aliphatic rings. The molecule has 1 aromatic carbocycles. The van der Waals surface area contributed by atoms with Crippen molar-refractivity contribution in [1.82, 2.24) is 9.78 Å². The first-order valence-electron chi connectivity index (χ1n) is 8.05. The summed E-state index contributed by atoms with van der Waals surface area (Å²) >= 11 is 0. The molecule has 27 heavy (non-hydrogen) atoms. The fraction of sp³-hybridized carbons (Fsp3) is 0.353. The van der Waals surface area contributed by atoms with Crippen molar-refractivity contribution < 1.29 is 32.6 Å². The van der Waals surface area contributed by atoms with Gasteiger partial charge in [-0.05, 0) is 18.1 Å². The quantitative estimate of drug-likeness (QED) is 0.802. The SMILES string of the molecule is CCOC(=O)c1cnn(Cc2ccc(C3=NOC(O)(C(F)(F)F)C3)cc2)c1. The monoisotopic (exact) mass is 383 g/mol. The average molecular weight is 383 g/mol. The van der Waals surface area contributed by atoms with Gasteiger partial charge in [-0.1, -0.05) is 29.4 Å². The number of halogens is 3. The molecule has 0 aliphatic carbocycles. The second-order valence-electron chi connectivity index (χ2n) is 5.93. The summed E-state index contributed by atoms with van der Waals surface area (Å²) in [6.07, 6.45) is -2.77. The Balaban J connectivity index is 1.66. The van der Waals surface area contributed by atoms with Crippen LogP contribution in [-0.4, -0.2) is 45.1 Å². The Hall–Kier alpha value is -2.88. The first-order valence-corrected chi connectivity index (χ1v) is 8.05. The summed E-state index contributed by atoms with van der Waals surface area (Å²) in [5.41, 5.74) is 1.55. The van der Waals surface area contributed by atoms with E-state index >= 15 is 0 Å². The van der Waals surface area contributed by atoms with Gasteiger partial charge < -0.3 is 14.7 Å². The second-order valence-corrected chi connectivity index (χ2v) is 5.93. The first kappa shape index (κ1) is 18.9. The second kappa shape index (κ2) is 7.03. The largest absolute Gasteiger partial charge is 0.462 e. The Morgan fingerprint density at radius 1 is 1.37 bits per heavy atom. The van der Waals surface area contributed by atoms with Crippen molar-refractivity contribution in [1.29, 1.82) is 0 Å². The zero-order valence-electron chi connectivity index (χ0n) is 14.2. The van der Waals surface area contributed by atoms with Crippen molar-refractivity contribution >= 4 is 11.7 Å². The first-order chi connectivity index (χ1) is 12.7. The molecule has 10 heteroatoms. The normalized spacial score (nSPS) is 19.5. The van der Waals surface area contributed by atoms with E-state index in [0.29, 0.717) is 17.7 Å². The van der Waals surface area contributed by atoms with E-state index in [1.165, 1.54) is 6.20 Å². The van der Waals surface area contributed by atoms with Gasteiger partial charge in [-0.25, -0.2) is 4.79 Å². The summed E-state index contributed by atoms with van der Waals surface area (Å²) in [4.78, 5) is 15.8. The predicted octanol–water partition coefficient (Wildman–Crippen LogP) is 2.48. The number of esters is 1. The fourth-order valence-corrected chi connectivity index (χ4v) is 2.49. The third-order valence-electron chi connectivity index (χ3n) is 3.93. The van der Waals surface area contributed by atoms with Gasteiger partial charge in [0.2, 0.25) is 0 Å². The number of ether oxygens (including phenoxy) is 1. The van der Waals surface area contributed by atoms with Crippen molar-refractivity contribution in [3.05, 3.63) is 53.3 Å². The molecule has 0 saturated heterocycles. The van der Waals surface area contributed by atoms with Gasteiger partial charge in [-0.15, -0.1) is 0 Å². The van der Waals surface area contributed by atoms with E-state index in [0.717, 1.165) is 5.56 Å². The lowest BCUT2D eigenvalue weighted by Crippen LogP contribution is -2.45. The zero-order valence-corrected chi connectivity index (χ0v) is 14.2. The van der Waals surface area contributed by atoms with Crippen molar-refractivity contribution in [3.63, 3.8) is 0 Å². The molecule has 0 fully saturated rings. The lowest BCUT2D eigenvalue weighted by Gasteiger charge is -2.22. The molecule has 3 rings (SSSR count). The summed E-state index contributed by atoms with van der Waals surface area (Å²) in [6, 6.07) is 6.54. The van der Waals surface area contributed by atoms with Gasteiger partial charge in [-0.2, -0.15) is 18.3 Å². The maximum Gasteiger partial charge on any atom is 0.458 e. The molecule has 7 nitrogen and oxygen atoms in total. The van der Waals surface area contributed by atoms with Crippen LogP contribution >= 0.6 is 0 Å². The number of carbonyl (C=O) groups is 1. The van der Waals surface area contributed by atoms with E-state index in [9.17, 15) is 23.1 Å². The molecule has 1 unspecified atom stereocenters. The zero-order chi connectivity index (χ0) is 19.7. The molecule has 0 bridgehead atoms. The number of carbonyl (C=O) groups excluding carboxylic acids is 1. The number of aromatic nitrogens is 2. The van der Waals surface area contributed by atoms with Crippen LogP contribution < -0.4 is 0 Å². The molecular weight excluding hydrogens is 367 g/mol. The van der Waals surface area contributed by atoms with Crippen LogP contribution in [0.25, 0.3) is 0 Å². The minimum Gasteiger partial charge on any atom is -0.462 e. The minimum absolute atomic E-state index is 0.00469. The Bertz CT molecular complexity index is 861. The molecule has 0 saturated carbocycles. The predicted molar refractivity (Wildman–Crippen MR) is 87.0 cm³/mol. The van der Waals surface area contributed by atoms with Crippen molar-refractivity contribution in [2.24, 2.45) is 5.16 Å². The lowest BCUT2D eigenvalue weighted by atomic mass is 10.0. The standard InChI is InChI=1S/C17H16F3N3O4/c1-2-26-15(24)13-8-21-23(10-13)9-11-3-5-12(6-4-11)14-7-16(25,27-22-14)17(18,19)20/h3-6,8,10,25H,2,7,9H2,1H3. The highest BCUT2D eigenvalue weighted by Crippen LogP contribution is 2.38. The molecule has 1 aromatic heterocycles. The van der Waals surface area contributed by atoms with E-state index in [-0.39, 0.29) is 12.3 Å². The Morgan fingerprint density at radius 2 is 2.07 bits per heavy atom. The third-order valence-corrected chi connectivity index (χ3v) is 3.93. The number of alkyl halides is 3. The highest BCUT2D eigenvalue weighted by molar-refractivity contribution is 6.01. The maximum atomic E-state index is 12.8. The van der Waals surface area contributed by atoms with Crippen molar-refractivity contribution in [2.75, 3.05) is 6.61 Å². The number of hydrogen-bond donors (Lipinski definition) is 1. The number of benzene rings is 1. The summed E-state index contributed by atoms with van der Waals surface area (Å²) in [6.45, 7) is 2.33. The third kappa shape index (κ3) is 3.95. The number of nitrogens with zero attached hydrogens (tertiary/aromatic N) is 3. The van der Waals surface area contributed by atoms with Crippen LogP contribution in [0.5, 0.6) is 0 Å². The van der Waals surface area contributed by atoms with Crippen LogP contribution in [0, 0.1) is 0 Å². The summed E-state index contributed by atoms with van der Waals surface area (Å²) < 4.78 is 44.7. The Kier molecular flexibility index (Phi) is 4.92. The van der Waals surface area contributed by atoms with Gasteiger partial charge in [0.05, 0.1) is 37.0 Å². The van der Waals surface area contributed by atoms with Gasteiger partial charge >= 0.3 is 17.9 Å². The van der Waals surface area contributed by atoms with E-state index in [2.05, 4.69) is 15.1 Å². The van der Waals surface area contributed by atoms with Gasteiger partial charge in [0.1, 0.15) is 0 Å². The fourth-order valence-electron chi connectivity index (χ4n) is 2.49. The molecule has 2 aromatic rings. The summed E-state index contributed by atoms with van der Waals surface area (Å²) in [5, 5.41) is 16.9. The molecule has 1 aliphatic heterocycles. The van der Waals surface area contributed by atoms with Gasteiger partial charge in [0, 0.05) is 6.20 Å². The topological polar surface area (TPSA) is 85.9 Å². The van der Waals surface area contributed by atoms with Crippen LogP contribution in [0.1, 0.15) is 34.8 Å². The number of rotatable bonds is 5. The van der Waals surface area contributed by atoms with E-state index < -0.39 is 24.4 Å². The number of hydrogen-bond acceptors (Lipinski definition) is 6. The van der Waals surface area contributed by atoms with E-state index in [1.54, 1.807) is 42.1 Å². The highest BCUT2D eigenvalue weighted by Gasteiger charge is 2.60. The summed E-state index contributed by atoms with van der Waals surface area (Å²) in [5.74, 6) is -3.75. The molecule has 1 N–H and O–H groups in total. The van der Waals surface area contributed by atoms with Crippen LogP contribution in [0.4, 0.5) is 13.2 Å². The average Bonchev–Trinajstić information content (AvgIpc) is 3.23. The van der Waals surface area contributed by atoms with Crippen LogP contribution in [0.3, 0.4) is 0 Å². The Morgan fingerprint density at radius 3 is 2.67 bits per heavy atom. The van der Waals surface area contributed by atoms with Gasteiger partial charge in [0.25, 0.3) is 0 Å². The van der Waals surface area contributed by atoms with Crippen molar-refractivity contribution in [2.45, 2.75) is 31.9 Å². The van der Waals surface area contributed by atoms with E-state index in [4.69, 9.17) is 4.74 Å². The molecule has 0 radical (unpaired) electrons. The molecule has 1 atom stereocenters. The van der Waals surface area contributed by atoms with E-state index in [1.807, 2.05) is 0 Å². The molecule has 0 spiro atoms. The molecular formula is C17H16F3N3O4. The maximum absolute atomic E-state index is 12.8. The summed E-state index contributed by atoms with van der Waals surface area (Å²) in [7, 11) is 0. The van der Waals surface area contributed by atoms with Crippen molar-refractivity contribution in [3.8, 4) is 0 Å². The Labute approximate surface area is 152 Å². The van der Waals surface area contributed by atoms with Gasteiger partial charge in [-0.3, -0.25) is 4.68 Å². The number of aliphatic hydroxyl groups is 1. The highest BCUT2D eigenvalue weighted by atomic mass is 19.4. The number of oxime groups is 1. The smallest absolute Gasteiger partial charge is 0.458 e. The van der Waals surface area contributed by atoms with Crippen LogP contribution in [0.2, 0.25) is 0 Å². The van der Waals surface area contributed by atoms with Crippen LogP contribution in [-0.2, 0) is 16.1 Å². The van der Waals surface area contributed by atoms with Crippen LogP contribution in [0.15, 0.2) is 41.8 Å². The molecule has 0 amide bonds.